The van der Waals surface area contributed by atoms with Gasteiger partial charge in [0, 0.05) is 50.2 Å². The maximum absolute atomic E-state index is 12.7. The number of hydrogen-bond acceptors (Lipinski definition) is 6. The SMILES string of the molecule is CCN(CC)C(=O)CSc1nc(Cl)cc(N2CCN(C(=O)C(C)(C)C)C(C)C2)n1. The molecule has 2 rings (SSSR count). The van der Waals surface area contributed by atoms with E-state index in [1.807, 2.05) is 39.5 Å². The molecule has 1 aromatic rings. The molecule has 1 aromatic heterocycles. The highest BCUT2D eigenvalue weighted by Gasteiger charge is 2.34. The second-order valence-electron chi connectivity index (χ2n) is 8.23. The Bertz CT molecular complexity index is 736. The number of hydrogen-bond donors (Lipinski definition) is 0. The fourth-order valence-corrected chi connectivity index (χ4v) is 4.29. The van der Waals surface area contributed by atoms with Crippen LogP contribution < -0.4 is 4.90 Å². The second-order valence-corrected chi connectivity index (χ2v) is 9.56. The van der Waals surface area contributed by atoms with Crippen LogP contribution in [0.1, 0.15) is 41.5 Å². The van der Waals surface area contributed by atoms with Crippen LogP contribution in [0, 0.1) is 5.41 Å². The van der Waals surface area contributed by atoms with E-state index in [1.165, 1.54) is 11.8 Å². The standard InChI is InChI=1S/C20H32ClN5O2S/c1-7-24(8-2)17(27)13-29-19-22-15(21)11-16(23-19)25-9-10-26(14(3)12-25)18(28)20(4,5)6/h11,14H,7-10,12-13H2,1-6H3. The summed E-state index contributed by atoms with van der Waals surface area (Å²) in [6, 6.07) is 1.82. The molecule has 0 spiro atoms. The minimum atomic E-state index is -0.393. The van der Waals surface area contributed by atoms with Gasteiger partial charge < -0.3 is 14.7 Å². The van der Waals surface area contributed by atoms with Gasteiger partial charge in [-0.1, -0.05) is 44.1 Å². The highest BCUT2D eigenvalue weighted by atomic mass is 35.5. The first-order valence-corrected chi connectivity index (χ1v) is 11.4. The largest absolute Gasteiger partial charge is 0.353 e. The van der Waals surface area contributed by atoms with Gasteiger partial charge in [0.15, 0.2) is 5.16 Å². The molecule has 162 valence electrons. The van der Waals surface area contributed by atoms with Crippen molar-refractivity contribution in [1.82, 2.24) is 19.8 Å². The van der Waals surface area contributed by atoms with Crippen LogP contribution in [0.25, 0.3) is 0 Å². The third kappa shape index (κ3) is 6.22. The summed E-state index contributed by atoms with van der Waals surface area (Å²) in [6.07, 6.45) is 0. The van der Waals surface area contributed by atoms with Crippen molar-refractivity contribution in [1.29, 1.82) is 0 Å². The van der Waals surface area contributed by atoms with E-state index in [4.69, 9.17) is 11.6 Å². The molecule has 2 amide bonds. The Morgan fingerprint density at radius 2 is 1.90 bits per heavy atom. The van der Waals surface area contributed by atoms with Gasteiger partial charge in [0.2, 0.25) is 11.8 Å². The molecule has 1 atom stereocenters. The molecule has 0 radical (unpaired) electrons. The number of carbonyl (C=O) groups excluding carboxylic acids is 2. The van der Waals surface area contributed by atoms with Crippen molar-refractivity contribution in [2.75, 3.05) is 43.4 Å². The normalized spacial score (nSPS) is 17.4. The maximum Gasteiger partial charge on any atom is 0.233 e. The number of carbonyl (C=O) groups is 2. The zero-order valence-corrected chi connectivity index (χ0v) is 19.8. The summed E-state index contributed by atoms with van der Waals surface area (Å²) in [6.45, 7) is 15.2. The van der Waals surface area contributed by atoms with Crippen LogP contribution in [-0.4, -0.2) is 76.1 Å². The zero-order chi connectivity index (χ0) is 21.8. The smallest absolute Gasteiger partial charge is 0.233 e. The lowest BCUT2D eigenvalue weighted by molar-refractivity contribution is -0.142. The van der Waals surface area contributed by atoms with E-state index in [2.05, 4.69) is 21.8 Å². The molecular weight excluding hydrogens is 410 g/mol. The summed E-state index contributed by atoms with van der Waals surface area (Å²) in [5.41, 5.74) is -0.393. The fraction of sp³-hybridized carbons (Fsp3) is 0.700. The quantitative estimate of drug-likeness (QED) is 0.383. The third-order valence-corrected chi connectivity index (χ3v) is 5.98. The lowest BCUT2D eigenvalue weighted by Crippen LogP contribution is -2.56. The van der Waals surface area contributed by atoms with E-state index in [0.29, 0.717) is 43.0 Å². The number of halogens is 1. The summed E-state index contributed by atoms with van der Waals surface area (Å²) >= 11 is 7.53. The number of piperazine rings is 1. The molecule has 1 unspecified atom stereocenters. The molecule has 1 aliphatic heterocycles. The van der Waals surface area contributed by atoms with Crippen molar-refractivity contribution in [3.63, 3.8) is 0 Å². The van der Waals surface area contributed by atoms with Crippen molar-refractivity contribution in [3.8, 4) is 0 Å². The third-order valence-electron chi connectivity index (χ3n) is 4.96. The number of amides is 2. The van der Waals surface area contributed by atoms with E-state index in [9.17, 15) is 9.59 Å². The van der Waals surface area contributed by atoms with E-state index in [1.54, 1.807) is 11.0 Å². The highest BCUT2D eigenvalue weighted by molar-refractivity contribution is 7.99. The van der Waals surface area contributed by atoms with Crippen molar-refractivity contribution in [3.05, 3.63) is 11.2 Å². The Morgan fingerprint density at radius 3 is 2.45 bits per heavy atom. The fourth-order valence-electron chi connectivity index (χ4n) is 3.30. The van der Waals surface area contributed by atoms with Crippen molar-refractivity contribution in [2.45, 2.75) is 52.7 Å². The molecule has 1 saturated heterocycles. The minimum absolute atomic E-state index is 0.0630. The number of anilines is 1. The Kier molecular flexibility index (Phi) is 8.17. The van der Waals surface area contributed by atoms with Gasteiger partial charge in [0.05, 0.1) is 5.75 Å². The Morgan fingerprint density at radius 1 is 1.24 bits per heavy atom. The topological polar surface area (TPSA) is 69.6 Å². The van der Waals surface area contributed by atoms with Crippen LogP contribution >= 0.6 is 23.4 Å². The summed E-state index contributed by atoms with van der Waals surface area (Å²) in [4.78, 5) is 39.6. The molecule has 1 fully saturated rings. The molecular formula is C20H32ClN5O2S. The second kappa shape index (κ2) is 9.98. The molecule has 2 heterocycles. The molecule has 29 heavy (non-hydrogen) atoms. The molecule has 0 N–H and O–H groups in total. The summed E-state index contributed by atoms with van der Waals surface area (Å²) in [7, 11) is 0. The van der Waals surface area contributed by atoms with Crippen LogP contribution in [0.15, 0.2) is 11.2 Å². The van der Waals surface area contributed by atoms with Gasteiger partial charge in [-0.05, 0) is 20.8 Å². The average molecular weight is 442 g/mol. The minimum Gasteiger partial charge on any atom is -0.353 e. The summed E-state index contributed by atoms with van der Waals surface area (Å²) in [5.74, 6) is 1.24. The maximum atomic E-state index is 12.7. The van der Waals surface area contributed by atoms with E-state index in [-0.39, 0.29) is 23.6 Å². The Hall–Kier alpha value is -1.54. The summed E-state index contributed by atoms with van der Waals surface area (Å²) in [5, 5.41) is 0.850. The van der Waals surface area contributed by atoms with Crippen LogP contribution in [0.4, 0.5) is 5.82 Å². The lowest BCUT2D eigenvalue weighted by atomic mass is 9.93. The van der Waals surface area contributed by atoms with Gasteiger partial charge in [0.1, 0.15) is 11.0 Å². The van der Waals surface area contributed by atoms with E-state index < -0.39 is 5.41 Å². The number of nitrogens with zero attached hydrogens (tertiary/aromatic N) is 5. The molecule has 9 heteroatoms. The predicted octanol–water partition coefficient (Wildman–Crippen LogP) is 3.17. The lowest BCUT2D eigenvalue weighted by Gasteiger charge is -2.42. The van der Waals surface area contributed by atoms with Gasteiger partial charge in [-0.15, -0.1) is 0 Å². The first kappa shape index (κ1) is 23.7. The van der Waals surface area contributed by atoms with Gasteiger partial charge in [-0.3, -0.25) is 9.59 Å². The molecule has 0 saturated carbocycles. The predicted molar refractivity (Wildman–Crippen MR) is 119 cm³/mol. The highest BCUT2D eigenvalue weighted by Crippen LogP contribution is 2.26. The summed E-state index contributed by atoms with van der Waals surface area (Å²) < 4.78 is 0. The van der Waals surface area contributed by atoms with E-state index in [0.717, 1.165) is 5.82 Å². The number of rotatable bonds is 6. The monoisotopic (exact) mass is 441 g/mol. The van der Waals surface area contributed by atoms with Crippen molar-refractivity contribution < 1.29 is 9.59 Å². The average Bonchev–Trinajstić information content (AvgIpc) is 2.65. The Balaban J connectivity index is 2.07. The van der Waals surface area contributed by atoms with Crippen LogP contribution in [0.5, 0.6) is 0 Å². The zero-order valence-electron chi connectivity index (χ0n) is 18.2. The van der Waals surface area contributed by atoms with Crippen LogP contribution in [0.3, 0.4) is 0 Å². The number of thioether (sulfide) groups is 1. The molecule has 0 bridgehead atoms. The van der Waals surface area contributed by atoms with Crippen molar-refractivity contribution >= 4 is 41.0 Å². The first-order valence-electron chi connectivity index (χ1n) is 10.1. The number of aromatic nitrogens is 2. The molecule has 7 nitrogen and oxygen atoms in total. The van der Waals surface area contributed by atoms with Gasteiger partial charge in [0.25, 0.3) is 0 Å². The van der Waals surface area contributed by atoms with Crippen LogP contribution in [0.2, 0.25) is 5.15 Å². The van der Waals surface area contributed by atoms with E-state index >= 15 is 0 Å². The molecule has 1 aliphatic rings. The van der Waals surface area contributed by atoms with Gasteiger partial charge in [-0.25, -0.2) is 9.97 Å². The van der Waals surface area contributed by atoms with Crippen LogP contribution in [-0.2, 0) is 9.59 Å². The van der Waals surface area contributed by atoms with Gasteiger partial charge in [-0.2, -0.15) is 0 Å². The van der Waals surface area contributed by atoms with Crippen molar-refractivity contribution in [2.24, 2.45) is 5.41 Å². The van der Waals surface area contributed by atoms with Gasteiger partial charge >= 0.3 is 0 Å². The first-order chi connectivity index (χ1) is 13.6. The molecule has 0 aliphatic carbocycles. The molecule has 0 aromatic carbocycles. The Labute approximate surface area is 183 Å².